The average Bonchev–Trinajstić information content (AvgIpc) is 2.55. The van der Waals surface area contributed by atoms with Gasteiger partial charge in [-0.1, -0.05) is 30.3 Å². The predicted octanol–water partition coefficient (Wildman–Crippen LogP) is 3.31. The molecule has 6 heteroatoms. The lowest BCUT2D eigenvalue weighted by Gasteiger charge is -2.12. The van der Waals surface area contributed by atoms with Crippen molar-refractivity contribution < 1.29 is 23.5 Å². The molecule has 0 amide bonds. The van der Waals surface area contributed by atoms with Crippen LogP contribution in [0, 0.1) is 0 Å². The van der Waals surface area contributed by atoms with Gasteiger partial charge in [0.2, 0.25) is 0 Å². The van der Waals surface area contributed by atoms with Crippen LogP contribution in [0.25, 0.3) is 21.9 Å². The van der Waals surface area contributed by atoms with E-state index in [0.717, 1.165) is 5.56 Å². The Morgan fingerprint density at radius 1 is 0.960 bits per heavy atom. The van der Waals surface area contributed by atoms with Crippen LogP contribution in [0.2, 0.25) is 0 Å². The van der Waals surface area contributed by atoms with Gasteiger partial charge in [-0.3, -0.25) is 9.59 Å². The smallest absolute Gasteiger partial charge is 0.343 e. The van der Waals surface area contributed by atoms with Crippen molar-refractivity contribution in [2.75, 3.05) is 0 Å². The number of fused-ring (bicyclic) bond motifs is 1. The molecule has 0 aliphatic rings. The standard InChI is InChI=1S/C19H14O6/c1-11(20)24-14-8-15-18(17(9-14)25-12(2)21)16(10-23-19(15)22)13-6-4-3-5-7-13/h3-10H,1-2H3. The van der Waals surface area contributed by atoms with Gasteiger partial charge in [0.05, 0.1) is 5.39 Å². The van der Waals surface area contributed by atoms with Gasteiger partial charge in [-0.05, 0) is 11.6 Å². The van der Waals surface area contributed by atoms with Crippen molar-refractivity contribution in [3.8, 4) is 22.6 Å². The van der Waals surface area contributed by atoms with Crippen LogP contribution in [-0.4, -0.2) is 11.9 Å². The third-order valence-corrected chi connectivity index (χ3v) is 3.45. The fourth-order valence-electron chi connectivity index (χ4n) is 2.55. The van der Waals surface area contributed by atoms with Gasteiger partial charge in [-0.15, -0.1) is 0 Å². The van der Waals surface area contributed by atoms with Crippen LogP contribution in [0.3, 0.4) is 0 Å². The fraction of sp³-hybridized carbons (Fsp3) is 0.105. The normalized spacial score (nSPS) is 10.5. The Bertz CT molecular complexity index is 1020. The highest BCUT2D eigenvalue weighted by Crippen LogP contribution is 2.37. The lowest BCUT2D eigenvalue weighted by Crippen LogP contribution is -2.08. The molecule has 0 saturated heterocycles. The van der Waals surface area contributed by atoms with E-state index in [1.54, 1.807) is 0 Å². The molecule has 1 heterocycles. The van der Waals surface area contributed by atoms with E-state index < -0.39 is 17.6 Å². The summed E-state index contributed by atoms with van der Waals surface area (Å²) in [4.78, 5) is 34.9. The van der Waals surface area contributed by atoms with Crippen LogP contribution >= 0.6 is 0 Å². The van der Waals surface area contributed by atoms with Gasteiger partial charge in [0.1, 0.15) is 17.8 Å². The van der Waals surface area contributed by atoms with E-state index in [0.29, 0.717) is 10.9 Å². The minimum Gasteiger partial charge on any atom is -0.430 e. The average molecular weight is 338 g/mol. The zero-order valence-electron chi connectivity index (χ0n) is 13.6. The molecule has 0 fully saturated rings. The third-order valence-electron chi connectivity index (χ3n) is 3.45. The summed E-state index contributed by atoms with van der Waals surface area (Å²) in [5.74, 6) is -0.910. The first kappa shape index (κ1) is 16.4. The van der Waals surface area contributed by atoms with Crippen molar-refractivity contribution >= 4 is 22.7 Å². The first-order valence-electron chi connectivity index (χ1n) is 7.47. The number of carbonyl (C=O) groups is 2. The summed E-state index contributed by atoms with van der Waals surface area (Å²) in [6.07, 6.45) is 1.32. The molecule has 6 nitrogen and oxygen atoms in total. The van der Waals surface area contributed by atoms with E-state index in [2.05, 4.69) is 0 Å². The molecule has 0 saturated carbocycles. The van der Waals surface area contributed by atoms with Crippen molar-refractivity contribution in [3.05, 3.63) is 59.1 Å². The first-order valence-corrected chi connectivity index (χ1v) is 7.47. The highest BCUT2D eigenvalue weighted by atomic mass is 16.5. The van der Waals surface area contributed by atoms with Crippen molar-refractivity contribution in [3.63, 3.8) is 0 Å². The van der Waals surface area contributed by atoms with Gasteiger partial charge in [0.25, 0.3) is 0 Å². The van der Waals surface area contributed by atoms with Gasteiger partial charge < -0.3 is 13.9 Å². The molecule has 0 unspecified atom stereocenters. The minimum atomic E-state index is -0.628. The largest absolute Gasteiger partial charge is 0.430 e. The van der Waals surface area contributed by atoms with Crippen LogP contribution in [0.15, 0.2) is 57.9 Å². The summed E-state index contributed by atoms with van der Waals surface area (Å²) in [6, 6.07) is 12.0. The molecular weight excluding hydrogens is 324 g/mol. The molecule has 3 aromatic rings. The summed E-state index contributed by atoms with van der Waals surface area (Å²) < 4.78 is 15.4. The zero-order chi connectivity index (χ0) is 18.0. The van der Waals surface area contributed by atoms with E-state index in [9.17, 15) is 14.4 Å². The lowest BCUT2D eigenvalue weighted by atomic mass is 10.0. The van der Waals surface area contributed by atoms with Crippen molar-refractivity contribution in [2.24, 2.45) is 0 Å². The minimum absolute atomic E-state index is 0.0914. The topological polar surface area (TPSA) is 82.8 Å². The van der Waals surface area contributed by atoms with Crippen LogP contribution in [0.1, 0.15) is 13.8 Å². The molecule has 0 N–H and O–H groups in total. The SMILES string of the molecule is CC(=O)Oc1cc(OC(C)=O)c2c(-c3ccccc3)coc(=O)c2c1. The van der Waals surface area contributed by atoms with Gasteiger partial charge in [-0.25, -0.2) is 4.79 Å². The summed E-state index contributed by atoms with van der Waals surface area (Å²) >= 11 is 0. The number of esters is 2. The summed E-state index contributed by atoms with van der Waals surface area (Å²) in [6.45, 7) is 2.48. The highest BCUT2D eigenvalue weighted by Gasteiger charge is 2.17. The van der Waals surface area contributed by atoms with Gasteiger partial charge >= 0.3 is 17.6 Å². The van der Waals surface area contributed by atoms with E-state index in [1.165, 1.54) is 32.2 Å². The molecule has 3 rings (SSSR count). The fourth-order valence-corrected chi connectivity index (χ4v) is 2.55. The second kappa shape index (κ2) is 6.60. The number of benzene rings is 2. The van der Waals surface area contributed by atoms with Crippen LogP contribution < -0.4 is 15.1 Å². The van der Waals surface area contributed by atoms with E-state index >= 15 is 0 Å². The Morgan fingerprint density at radius 2 is 1.64 bits per heavy atom. The van der Waals surface area contributed by atoms with Gasteiger partial charge in [0, 0.05) is 30.9 Å². The maximum absolute atomic E-state index is 12.2. The summed E-state index contributed by atoms with van der Waals surface area (Å²) in [5.41, 5.74) is 0.739. The maximum Gasteiger partial charge on any atom is 0.343 e. The second-order valence-corrected chi connectivity index (χ2v) is 5.33. The molecule has 0 atom stereocenters. The van der Waals surface area contributed by atoms with Crippen molar-refractivity contribution in [2.45, 2.75) is 13.8 Å². The summed E-state index contributed by atoms with van der Waals surface area (Å²) in [5, 5.41) is 0.560. The Balaban J connectivity index is 2.36. The van der Waals surface area contributed by atoms with Gasteiger partial charge in [-0.2, -0.15) is 0 Å². The Kier molecular flexibility index (Phi) is 4.35. The lowest BCUT2D eigenvalue weighted by molar-refractivity contribution is -0.132. The number of hydrogen-bond acceptors (Lipinski definition) is 6. The molecule has 0 aliphatic heterocycles. The highest BCUT2D eigenvalue weighted by molar-refractivity contribution is 6.01. The molecule has 0 spiro atoms. The monoisotopic (exact) mass is 338 g/mol. The van der Waals surface area contributed by atoms with Crippen molar-refractivity contribution in [1.29, 1.82) is 0 Å². The quantitative estimate of drug-likeness (QED) is 0.538. The number of hydrogen-bond donors (Lipinski definition) is 0. The molecule has 0 aliphatic carbocycles. The van der Waals surface area contributed by atoms with Crippen molar-refractivity contribution in [1.82, 2.24) is 0 Å². The molecule has 1 aromatic heterocycles. The van der Waals surface area contributed by atoms with Crippen LogP contribution in [0.5, 0.6) is 11.5 Å². The third kappa shape index (κ3) is 3.42. The molecule has 126 valence electrons. The molecule has 0 radical (unpaired) electrons. The van der Waals surface area contributed by atoms with E-state index in [-0.39, 0.29) is 16.9 Å². The number of rotatable bonds is 3. The maximum atomic E-state index is 12.2. The molecule has 2 aromatic carbocycles. The predicted molar refractivity (Wildman–Crippen MR) is 90.5 cm³/mol. The van der Waals surface area contributed by atoms with Gasteiger partial charge in [0.15, 0.2) is 0 Å². The summed E-state index contributed by atoms with van der Waals surface area (Å²) in [7, 11) is 0. The Morgan fingerprint density at radius 3 is 2.28 bits per heavy atom. The molecular formula is C19H14O6. The van der Waals surface area contributed by atoms with Crippen LogP contribution in [0.4, 0.5) is 0 Å². The molecule has 0 bridgehead atoms. The van der Waals surface area contributed by atoms with E-state index in [1.807, 2.05) is 30.3 Å². The van der Waals surface area contributed by atoms with Crippen LogP contribution in [-0.2, 0) is 9.59 Å². The first-order chi connectivity index (χ1) is 12.0. The van der Waals surface area contributed by atoms with E-state index in [4.69, 9.17) is 13.9 Å². The molecule has 25 heavy (non-hydrogen) atoms. The second-order valence-electron chi connectivity index (χ2n) is 5.33. The number of ether oxygens (including phenoxy) is 2. The Hall–Kier alpha value is -3.41. The number of carbonyl (C=O) groups excluding carboxylic acids is 2. The zero-order valence-corrected chi connectivity index (χ0v) is 13.6. The Labute approximate surface area is 142 Å².